The Morgan fingerprint density at radius 3 is 2.72 bits per heavy atom. The zero-order valence-corrected chi connectivity index (χ0v) is 10.2. The summed E-state index contributed by atoms with van der Waals surface area (Å²) in [6.07, 6.45) is 3.70. The number of hydrogen-bond acceptors (Lipinski definition) is 2. The van der Waals surface area contributed by atoms with Crippen LogP contribution in [0, 0.1) is 17.8 Å². The number of carbonyl (C=O) groups is 1. The predicted octanol–water partition coefficient (Wildman–Crippen LogP) is 2.88. The molecule has 4 rings (SSSR count). The Kier molecular flexibility index (Phi) is 2.16. The van der Waals surface area contributed by atoms with Gasteiger partial charge in [-0.05, 0) is 36.7 Å². The standard InChI is InChI=1S/C15H17NO2/c17-15-16-13(9-4-2-1-3-5-9)12-10-6-7-11(8-10)14(12)18-15/h1-5,10-14H,6-8H2,(H,16,17)/t10-,11+,12-,13+,14-/m1/s1. The average Bonchev–Trinajstić information content (AvgIpc) is 3.00. The fourth-order valence-corrected chi connectivity index (χ4v) is 4.27. The third-order valence-electron chi connectivity index (χ3n) is 4.96. The molecule has 5 atom stereocenters. The Morgan fingerprint density at radius 2 is 1.89 bits per heavy atom. The summed E-state index contributed by atoms with van der Waals surface area (Å²) in [5.74, 6) is 1.81. The molecule has 1 aromatic carbocycles. The normalized spacial score (nSPS) is 41.1. The van der Waals surface area contributed by atoms with Crippen LogP contribution >= 0.6 is 0 Å². The number of nitrogens with one attached hydrogen (secondary N) is 1. The number of amides is 1. The fourth-order valence-electron chi connectivity index (χ4n) is 4.27. The van der Waals surface area contributed by atoms with Crippen molar-refractivity contribution >= 4 is 6.09 Å². The molecule has 3 aliphatic rings. The molecule has 1 aliphatic heterocycles. The van der Waals surface area contributed by atoms with Crippen LogP contribution in [0.2, 0.25) is 0 Å². The van der Waals surface area contributed by atoms with Crippen molar-refractivity contribution in [3.63, 3.8) is 0 Å². The maximum atomic E-state index is 11.7. The molecule has 1 saturated heterocycles. The molecule has 94 valence electrons. The first-order chi connectivity index (χ1) is 8.83. The van der Waals surface area contributed by atoms with Crippen LogP contribution in [0.1, 0.15) is 30.9 Å². The summed E-state index contributed by atoms with van der Waals surface area (Å²) < 4.78 is 5.55. The molecule has 0 unspecified atom stereocenters. The minimum Gasteiger partial charge on any atom is -0.446 e. The summed E-state index contributed by atoms with van der Waals surface area (Å²) >= 11 is 0. The molecule has 0 aromatic heterocycles. The van der Waals surface area contributed by atoms with Gasteiger partial charge in [0.05, 0.1) is 6.04 Å². The van der Waals surface area contributed by atoms with Crippen molar-refractivity contribution in [3.05, 3.63) is 35.9 Å². The molecule has 2 saturated carbocycles. The average molecular weight is 243 g/mol. The molecule has 1 heterocycles. The molecule has 3 fully saturated rings. The van der Waals surface area contributed by atoms with Crippen molar-refractivity contribution in [3.8, 4) is 0 Å². The van der Waals surface area contributed by atoms with Crippen LogP contribution in [-0.2, 0) is 4.74 Å². The van der Waals surface area contributed by atoms with E-state index in [4.69, 9.17) is 4.74 Å². The number of benzene rings is 1. The van der Waals surface area contributed by atoms with Crippen molar-refractivity contribution in [2.45, 2.75) is 31.4 Å². The molecule has 1 amide bonds. The number of ether oxygens (including phenoxy) is 1. The molecule has 0 radical (unpaired) electrons. The molecule has 0 spiro atoms. The Hall–Kier alpha value is -1.51. The van der Waals surface area contributed by atoms with Crippen LogP contribution in [-0.4, -0.2) is 12.2 Å². The number of hydrogen-bond donors (Lipinski definition) is 1. The highest BCUT2D eigenvalue weighted by atomic mass is 16.6. The quantitative estimate of drug-likeness (QED) is 0.823. The lowest BCUT2D eigenvalue weighted by Crippen LogP contribution is -2.49. The van der Waals surface area contributed by atoms with E-state index in [9.17, 15) is 4.79 Å². The molecule has 3 heteroatoms. The topological polar surface area (TPSA) is 38.3 Å². The number of carbonyl (C=O) groups excluding carboxylic acids is 1. The highest BCUT2D eigenvalue weighted by Gasteiger charge is 2.55. The van der Waals surface area contributed by atoms with Gasteiger partial charge in [0.15, 0.2) is 0 Å². The van der Waals surface area contributed by atoms with E-state index in [1.807, 2.05) is 18.2 Å². The van der Waals surface area contributed by atoms with Gasteiger partial charge in [0.2, 0.25) is 0 Å². The molecule has 1 aromatic rings. The lowest BCUT2D eigenvalue weighted by atomic mass is 9.78. The van der Waals surface area contributed by atoms with Crippen LogP contribution in [0.4, 0.5) is 4.79 Å². The molecular formula is C15H17NO2. The highest BCUT2D eigenvalue weighted by Crippen LogP contribution is 2.55. The van der Waals surface area contributed by atoms with Crippen molar-refractivity contribution in [2.75, 3.05) is 0 Å². The molecule has 18 heavy (non-hydrogen) atoms. The Bertz CT molecular complexity index is 473. The highest BCUT2D eigenvalue weighted by molar-refractivity contribution is 5.69. The molecule has 1 N–H and O–H groups in total. The van der Waals surface area contributed by atoms with Gasteiger partial charge in [0.25, 0.3) is 0 Å². The molecule has 2 aliphatic carbocycles. The fraction of sp³-hybridized carbons (Fsp3) is 0.533. The van der Waals surface area contributed by atoms with Gasteiger partial charge in [-0.3, -0.25) is 0 Å². The first-order valence-corrected chi connectivity index (χ1v) is 6.85. The van der Waals surface area contributed by atoms with E-state index in [0.29, 0.717) is 11.8 Å². The number of fused-ring (bicyclic) bond motifs is 5. The largest absolute Gasteiger partial charge is 0.446 e. The summed E-state index contributed by atoms with van der Waals surface area (Å²) in [7, 11) is 0. The Labute approximate surface area is 107 Å². The van der Waals surface area contributed by atoms with Gasteiger partial charge >= 0.3 is 6.09 Å². The first-order valence-electron chi connectivity index (χ1n) is 6.85. The third-order valence-corrected chi connectivity index (χ3v) is 4.96. The minimum absolute atomic E-state index is 0.146. The minimum atomic E-state index is -0.238. The van der Waals surface area contributed by atoms with Gasteiger partial charge in [0.1, 0.15) is 6.10 Å². The van der Waals surface area contributed by atoms with E-state index in [0.717, 1.165) is 5.92 Å². The van der Waals surface area contributed by atoms with Crippen molar-refractivity contribution in [1.29, 1.82) is 0 Å². The lowest BCUT2D eigenvalue weighted by Gasteiger charge is -2.40. The second kappa shape index (κ2) is 3.74. The van der Waals surface area contributed by atoms with Gasteiger partial charge in [-0.2, -0.15) is 0 Å². The van der Waals surface area contributed by atoms with Crippen LogP contribution < -0.4 is 5.32 Å². The predicted molar refractivity (Wildman–Crippen MR) is 66.9 cm³/mol. The van der Waals surface area contributed by atoms with Crippen molar-refractivity contribution in [2.24, 2.45) is 17.8 Å². The third kappa shape index (κ3) is 1.39. The summed E-state index contributed by atoms with van der Waals surface area (Å²) in [5, 5.41) is 3.03. The maximum absolute atomic E-state index is 11.7. The Balaban J connectivity index is 1.71. The summed E-state index contributed by atoms with van der Waals surface area (Å²) in [6.45, 7) is 0. The van der Waals surface area contributed by atoms with Gasteiger partial charge in [-0.15, -0.1) is 0 Å². The summed E-state index contributed by atoms with van der Waals surface area (Å²) in [4.78, 5) is 11.7. The van der Waals surface area contributed by atoms with E-state index < -0.39 is 0 Å². The SMILES string of the molecule is O=C1N[C@@H](c2ccccc2)[C@H]2[C@@H]3CC[C@@H](C3)[C@H]2O1. The molecular weight excluding hydrogens is 226 g/mol. The maximum Gasteiger partial charge on any atom is 0.407 e. The van der Waals surface area contributed by atoms with Crippen molar-refractivity contribution in [1.82, 2.24) is 5.32 Å². The Morgan fingerprint density at radius 1 is 1.11 bits per heavy atom. The van der Waals surface area contributed by atoms with Crippen LogP contribution in [0.5, 0.6) is 0 Å². The second-order valence-electron chi connectivity index (χ2n) is 5.81. The number of alkyl carbamates (subject to hydrolysis) is 1. The van der Waals surface area contributed by atoms with Gasteiger partial charge in [-0.1, -0.05) is 30.3 Å². The molecule has 3 nitrogen and oxygen atoms in total. The van der Waals surface area contributed by atoms with Gasteiger partial charge < -0.3 is 10.1 Å². The number of rotatable bonds is 1. The monoisotopic (exact) mass is 243 g/mol. The van der Waals surface area contributed by atoms with E-state index in [2.05, 4.69) is 17.4 Å². The molecule has 2 bridgehead atoms. The second-order valence-corrected chi connectivity index (χ2v) is 5.81. The van der Waals surface area contributed by atoms with E-state index in [1.165, 1.54) is 24.8 Å². The summed E-state index contributed by atoms with van der Waals surface area (Å²) in [6, 6.07) is 10.5. The smallest absolute Gasteiger partial charge is 0.407 e. The van der Waals surface area contributed by atoms with Crippen LogP contribution in [0.25, 0.3) is 0 Å². The van der Waals surface area contributed by atoms with Crippen LogP contribution in [0.3, 0.4) is 0 Å². The van der Waals surface area contributed by atoms with Crippen LogP contribution in [0.15, 0.2) is 30.3 Å². The van der Waals surface area contributed by atoms with E-state index in [-0.39, 0.29) is 18.2 Å². The van der Waals surface area contributed by atoms with Crippen molar-refractivity contribution < 1.29 is 9.53 Å². The van der Waals surface area contributed by atoms with Gasteiger partial charge in [-0.25, -0.2) is 4.79 Å². The zero-order valence-electron chi connectivity index (χ0n) is 10.2. The first kappa shape index (κ1) is 10.4. The van der Waals surface area contributed by atoms with Gasteiger partial charge in [0, 0.05) is 5.92 Å². The van der Waals surface area contributed by atoms with E-state index >= 15 is 0 Å². The summed E-state index contributed by atoms with van der Waals surface area (Å²) in [5.41, 5.74) is 1.22. The van der Waals surface area contributed by atoms with E-state index in [1.54, 1.807) is 0 Å². The zero-order chi connectivity index (χ0) is 12.1. The lowest BCUT2D eigenvalue weighted by molar-refractivity contribution is -0.0144.